The van der Waals surface area contributed by atoms with E-state index in [9.17, 15) is 0 Å². The van der Waals surface area contributed by atoms with Crippen molar-refractivity contribution in [2.75, 3.05) is 26.1 Å². The van der Waals surface area contributed by atoms with Crippen LogP contribution in [0.1, 0.15) is 77.6 Å². The number of quaternary nitrogens is 1. The summed E-state index contributed by atoms with van der Waals surface area (Å²) in [5.41, 5.74) is 1.07. The zero-order valence-corrected chi connectivity index (χ0v) is 15.7. The Morgan fingerprint density at radius 1 is 0.684 bits per heavy atom. The Morgan fingerprint density at radius 2 is 1.05 bits per heavy atom. The molecule has 3 heteroatoms. The van der Waals surface area contributed by atoms with Gasteiger partial charge in [-0.15, -0.1) is 0 Å². The molecule has 0 atom stereocenters. The smallest absolute Gasteiger partial charge is 0.133 e. The Kier molecular flexibility index (Phi) is 17.5. The molecule has 0 bridgehead atoms. The minimum Gasteiger partial charge on any atom is -1.00 e. The molecule has 0 radical (unpaired) electrons. The lowest BCUT2D eigenvalue weighted by atomic mass is 10.1. The molecule has 19 heavy (non-hydrogen) atoms. The molecular weight excluding hydrogens is 322 g/mol. The largest absolute Gasteiger partial charge is 1.00 e. The van der Waals surface area contributed by atoms with Crippen LogP contribution in [0, 0.1) is 0 Å². The number of hydrogen-bond acceptors (Lipinski definition) is 0. The second-order valence-corrected chi connectivity index (χ2v) is 6.82. The number of nitrogens with zero attached hydrogens (tertiary/aromatic N) is 1. The highest BCUT2D eigenvalue weighted by atomic mass is 79.9. The van der Waals surface area contributed by atoms with Gasteiger partial charge in [0.1, 0.15) is 5.45 Å². The van der Waals surface area contributed by atoms with E-state index in [1.54, 1.807) is 0 Å². The second-order valence-electron chi connectivity index (χ2n) is 6.31. The SMILES string of the molecule is CCCCCCCCCCCCC[N+](C)(C)CBr.[Cl-]. The fourth-order valence-corrected chi connectivity index (χ4v) is 2.51. The zero-order chi connectivity index (χ0) is 13.7. The van der Waals surface area contributed by atoms with E-state index in [0.29, 0.717) is 0 Å². The van der Waals surface area contributed by atoms with Gasteiger partial charge in [0.25, 0.3) is 0 Å². The molecule has 0 amide bonds. The molecule has 0 aliphatic carbocycles. The van der Waals surface area contributed by atoms with E-state index in [0.717, 1.165) is 9.94 Å². The van der Waals surface area contributed by atoms with Crippen molar-refractivity contribution >= 4 is 15.9 Å². The lowest BCUT2D eigenvalue weighted by molar-refractivity contribution is -0.876. The third kappa shape index (κ3) is 16.7. The van der Waals surface area contributed by atoms with E-state index in [1.807, 2.05) is 0 Å². The van der Waals surface area contributed by atoms with Crippen LogP contribution in [0.3, 0.4) is 0 Å². The minimum atomic E-state index is 0. The molecule has 1 nitrogen and oxygen atoms in total. The number of rotatable bonds is 13. The molecule has 0 rings (SSSR count). The summed E-state index contributed by atoms with van der Waals surface area (Å²) in [6.07, 6.45) is 15.8. The molecule has 0 saturated carbocycles. The highest BCUT2D eigenvalue weighted by Crippen LogP contribution is 2.12. The molecule has 0 heterocycles. The molecule has 0 spiro atoms. The normalized spacial score (nSPS) is 11.4. The molecule has 0 aromatic heterocycles. The van der Waals surface area contributed by atoms with E-state index in [1.165, 1.54) is 77.2 Å². The summed E-state index contributed by atoms with van der Waals surface area (Å²) in [4.78, 5) is 0. The fourth-order valence-electron chi connectivity index (χ4n) is 2.26. The van der Waals surface area contributed by atoms with Crippen LogP contribution in [0.4, 0.5) is 0 Å². The predicted octanol–water partition coefficient (Wildman–Crippen LogP) is 2.73. The summed E-state index contributed by atoms with van der Waals surface area (Å²) in [6, 6.07) is 0. The Morgan fingerprint density at radius 3 is 1.42 bits per heavy atom. The van der Waals surface area contributed by atoms with Crippen LogP contribution in [-0.4, -0.2) is 30.6 Å². The molecule has 0 N–H and O–H groups in total. The molecule has 0 aromatic rings. The maximum absolute atomic E-state index is 3.57. The molecule has 0 aliphatic rings. The van der Waals surface area contributed by atoms with Crippen LogP contribution in [-0.2, 0) is 0 Å². The second kappa shape index (κ2) is 15.1. The number of alkyl halides is 1. The molecule has 0 aliphatic heterocycles. The van der Waals surface area contributed by atoms with Gasteiger partial charge in [0.2, 0.25) is 0 Å². The zero-order valence-electron chi connectivity index (χ0n) is 13.4. The van der Waals surface area contributed by atoms with Crippen LogP contribution in [0.25, 0.3) is 0 Å². The molecule has 0 unspecified atom stereocenters. The van der Waals surface area contributed by atoms with Crippen LogP contribution < -0.4 is 12.4 Å². The lowest BCUT2D eigenvalue weighted by Crippen LogP contribution is -3.00. The maximum atomic E-state index is 3.57. The van der Waals surface area contributed by atoms with Crippen LogP contribution in [0.2, 0.25) is 0 Å². The van der Waals surface area contributed by atoms with E-state index in [4.69, 9.17) is 0 Å². The Labute approximate surface area is 136 Å². The van der Waals surface area contributed by atoms with Crippen LogP contribution in [0.5, 0.6) is 0 Å². The van der Waals surface area contributed by atoms with E-state index in [-0.39, 0.29) is 12.4 Å². The summed E-state index contributed by atoms with van der Waals surface area (Å²) < 4.78 is 1.11. The Hall–Kier alpha value is 0.730. The van der Waals surface area contributed by atoms with Crippen molar-refractivity contribution in [3.8, 4) is 0 Å². The molecule has 118 valence electrons. The van der Waals surface area contributed by atoms with Crippen LogP contribution in [0.15, 0.2) is 0 Å². The van der Waals surface area contributed by atoms with Gasteiger partial charge in [-0.3, -0.25) is 0 Å². The third-order valence-corrected chi connectivity index (χ3v) is 5.05. The van der Waals surface area contributed by atoms with Gasteiger partial charge in [0.15, 0.2) is 0 Å². The van der Waals surface area contributed by atoms with Crippen molar-refractivity contribution < 1.29 is 16.9 Å². The standard InChI is InChI=1S/C16H35BrN.ClH/c1-4-5-6-7-8-9-10-11-12-13-14-15-18(2,3)16-17;/h4-16H2,1-3H3;1H/q+1;/p-1. The van der Waals surface area contributed by atoms with Gasteiger partial charge >= 0.3 is 0 Å². The van der Waals surface area contributed by atoms with Gasteiger partial charge in [0.05, 0.1) is 20.6 Å². The van der Waals surface area contributed by atoms with Gasteiger partial charge in [-0.1, -0.05) is 64.7 Å². The molecule has 0 aromatic carbocycles. The van der Waals surface area contributed by atoms with E-state index >= 15 is 0 Å². The first-order valence-electron chi connectivity index (χ1n) is 8.00. The first-order valence-corrected chi connectivity index (χ1v) is 9.12. The summed E-state index contributed by atoms with van der Waals surface area (Å²) in [5.74, 6) is 0. The van der Waals surface area contributed by atoms with Crippen LogP contribution >= 0.6 is 15.9 Å². The monoisotopic (exact) mass is 355 g/mol. The van der Waals surface area contributed by atoms with Crippen molar-refractivity contribution in [1.82, 2.24) is 0 Å². The average molecular weight is 357 g/mol. The fraction of sp³-hybridized carbons (Fsp3) is 1.00. The minimum absolute atomic E-state index is 0. The van der Waals surface area contributed by atoms with Gasteiger partial charge in [0, 0.05) is 0 Å². The third-order valence-electron chi connectivity index (χ3n) is 3.69. The van der Waals surface area contributed by atoms with Crippen molar-refractivity contribution in [2.24, 2.45) is 0 Å². The Balaban J connectivity index is 0. The number of hydrogen-bond donors (Lipinski definition) is 0. The summed E-state index contributed by atoms with van der Waals surface area (Å²) >= 11 is 3.57. The van der Waals surface area contributed by atoms with Gasteiger partial charge in [-0.05, 0) is 28.8 Å². The molecule has 0 fully saturated rings. The van der Waals surface area contributed by atoms with E-state index < -0.39 is 0 Å². The van der Waals surface area contributed by atoms with Gasteiger partial charge < -0.3 is 16.9 Å². The number of unbranched alkanes of at least 4 members (excludes halogenated alkanes) is 10. The highest BCUT2D eigenvalue weighted by Gasteiger charge is 2.10. The summed E-state index contributed by atoms with van der Waals surface area (Å²) in [6.45, 7) is 3.60. The highest BCUT2D eigenvalue weighted by molar-refractivity contribution is 9.09. The van der Waals surface area contributed by atoms with Crippen molar-refractivity contribution in [3.63, 3.8) is 0 Å². The summed E-state index contributed by atoms with van der Waals surface area (Å²) in [7, 11) is 4.59. The van der Waals surface area contributed by atoms with E-state index in [2.05, 4.69) is 36.9 Å². The lowest BCUT2D eigenvalue weighted by Gasteiger charge is -2.26. The predicted molar refractivity (Wildman–Crippen MR) is 87.2 cm³/mol. The Bertz CT molecular complexity index is 174. The molecular formula is C16H35BrClN. The van der Waals surface area contributed by atoms with Crippen molar-refractivity contribution in [3.05, 3.63) is 0 Å². The van der Waals surface area contributed by atoms with Gasteiger partial charge in [-0.2, -0.15) is 0 Å². The van der Waals surface area contributed by atoms with Crippen molar-refractivity contribution in [1.29, 1.82) is 0 Å². The first-order chi connectivity index (χ1) is 8.62. The summed E-state index contributed by atoms with van der Waals surface area (Å²) in [5, 5.41) is 0. The van der Waals surface area contributed by atoms with Gasteiger partial charge in [-0.25, -0.2) is 0 Å². The number of halogens is 2. The maximum Gasteiger partial charge on any atom is 0.133 e. The quantitative estimate of drug-likeness (QED) is 0.206. The molecule has 0 saturated heterocycles. The first kappa shape index (κ1) is 22.0. The topological polar surface area (TPSA) is 0 Å². The van der Waals surface area contributed by atoms with Crippen molar-refractivity contribution in [2.45, 2.75) is 77.6 Å². The average Bonchev–Trinajstić information content (AvgIpc) is 2.36.